The van der Waals surface area contributed by atoms with E-state index in [-0.39, 0.29) is 0 Å². The van der Waals surface area contributed by atoms with Gasteiger partial charge in [0.05, 0.1) is 0 Å². The van der Waals surface area contributed by atoms with Crippen molar-refractivity contribution in [1.29, 1.82) is 0 Å². The minimum Gasteiger partial charge on any atom is -0.135 e. The zero-order valence-electron chi connectivity index (χ0n) is 51.0. The SMILES string of the molecule is c1cc(-c2c3ccccc3c(-c3ccc4ccccc4c3)c3ccccc23)cc(-c2cccc3sc4cc5c(-c6ccc(-c7c8ccccc8c(-c8ccc(-c9cccc%10sc%11cc%12ccccc%12cc%11c9%10)cc8)c8ccccc78)c7ccccc67)cccc5cc4c23)c1. The van der Waals surface area contributed by atoms with E-state index in [0.29, 0.717) is 0 Å². The molecule has 0 amide bonds. The molecule has 0 radical (unpaired) electrons. The van der Waals surface area contributed by atoms with E-state index in [9.17, 15) is 0 Å². The Labute approximate surface area is 550 Å². The summed E-state index contributed by atoms with van der Waals surface area (Å²) in [6, 6.07) is 123. The molecule has 2 aromatic heterocycles. The Kier molecular flexibility index (Phi) is 11.9. The van der Waals surface area contributed by atoms with Gasteiger partial charge >= 0.3 is 0 Å². The molecule has 0 N–H and O–H groups in total. The fraction of sp³-hybridized carbons (Fsp3) is 0. The van der Waals surface area contributed by atoms with E-state index < -0.39 is 0 Å². The smallest absolute Gasteiger partial charge is 0.0362 e. The van der Waals surface area contributed by atoms with Gasteiger partial charge in [0, 0.05) is 40.3 Å². The monoisotopic (exact) mass is 1220 g/mol. The van der Waals surface area contributed by atoms with Crippen molar-refractivity contribution < 1.29 is 0 Å². The molecule has 0 aliphatic heterocycles. The van der Waals surface area contributed by atoms with Gasteiger partial charge in [-0.05, 0) is 213 Å². The summed E-state index contributed by atoms with van der Waals surface area (Å²) >= 11 is 3.79. The van der Waals surface area contributed by atoms with Crippen LogP contribution in [0.3, 0.4) is 0 Å². The van der Waals surface area contributed by atoms with Crippen molar-refractivity contribution in [2.45, 2.75) is 0 Å². The highest BCUT2D eigenvalue weighted by Crippen LogP contribution is 2.51. The maximum Gasteiger partial charge on any atom is 0.0362 e. The van der Waals surface area contributed by atoms with Crippen LogP contribution in [-0.2, 0) is 0 Å². The Bertz CT molecular complexity index is 6480. The lowest BCUT2D eigenvalue weighted by molar-refractivity contribution is 1.64. The van der Waals surface area contributed by atoms with Crippen molar-refractivity contribution in [3.63, 3.8) is 0 Å². The first kappa shape index (κ1) is 53.2. The van der Waals surface area contributed by atoms with E-state index in [1.54, 1.807) is 0 Å². The van der Waals surface area contributed by atoms with Gasteiger partial charge in [-0.1, -0.05) is 279 Å². The summed E-state index contributed by atoms with van der Waals surface area (Å²) in [7, 11) is 0. The van der Waals surface area contributed by atoms with Gasteiger partial charge in [0.2, 0.25) is 0 Å². The van der Waals surface area contributed by atoms with Gasteiger partial charge in [0.1, 0.15) is 0 Å². The number of rotatable bonds is 7. The Morgan fingerprint density at radius 2 is 0.521 bits per heavy atom. The summed E-state index contributed by atoms with van der Waals surface area (Å²) in [4.78, 5) is 0. The average Bonchev–Trinajstić information content (AvgIpc) is 0.812. The third kappa shape index (κ3) is 8.17. The van der Waals surface area contributed by atoms with Crippen LogP contribution in [0.4, 0.5) is 0 Å². The van der Waals surface area contributed by atoms with E-state index >= 15 is 0 Å². The summed E-state index contributed by atoms with van der Waals surface area (Å²) in [5, 5.41) is 25.3. The second kappa shape index (κ2) is 21.0. The van der Waals surface area contributed by atoms with Crippen molar-refractivity contribution in [3.8, 4) is 77.9 Å². The van der Waals surface area contributed by atoms with E-state index in [1.165, 1.54) is 204 Å². The van der Waals surface area contributed by atoms with Gasteiger partial charge < -0.3 is 0 Å². The third-order valence-corrected chi connectivity index (χ3v) is 22.4. The number of thiophene rings is 2. The van der Waals surface area contributed by atoms with E-state index in [0.717, 1.165) is 0 Å². The zero-order chi connectivity index (χ0) is 61.5. The molecule has 0 atom stereocenters. The summed E-state index contributed by atoms with van der Waals surface area (Å²) in [5.41, 5.74) is 17.4. The number of hydrogen-bond acceptors (Lipinski definition) is 2. The van der Waals surface area contributed by atoms with E-state index in [2.05, 4.69) is 328 Å². The second-order valence-corrected chi connectivity index (χ2v) is 27.4. The summed E-state index contributed by atoms with van der Waals surface area (Å²) in [6.07, 6.45) is 0. The quantitative estimate of drug-likeness (QED) is 0.140. The molecule has 0 nitrogen and oxygen atoms in total. The average molecular weight is 1220 g/mol. The molecular weight excluding hydrogens is 1170 g/mol. The molecule has 0 fully saturated rings. The standard InChI is InChI=1S/C92H54S2/c1-2-20-58-49-64(46-41-55(58)19-1)89-73-30-9-7-28-71(73)88(72-29-8-10-31-74(72)89)63-25-15-23-61(50-63)66-37-18-40-84-92(66)82-52-62-24-16-38-69(80(62)54-86(82)94-84)70-47-48-79(68-27-6-5-26-67(68)70)90-77-34-13-11-32-75(77)87(76-33-12-14-35-78(76)90)57-44-42-56(43-45-57)65-36-17-39-83-91(65)81-51-59-21-3-4-22-60(59)53-85(81)93-83/h1-54H. The van der Waals surface area contributed by atoms with Crippen LogP contribution in [0.2, 0.25) is 0 Å². The molecular formula is C92H54S2. The molecule has 0 unspecified atom stereocenters. The molecule has 0 saturated heterocycles. The van der Waals surface area contributed by atoms with Gasteiger partial charge in [0.15, 0.2) is 0 Å². The van der Waals surface area contributed by atoms with Gasteiger partial charge in [0.25, 0.3) is 0 Å². The van der Waals surface area contributed by atoms with Gasteiger partial charge in [-0.15, -0.1) is 22.7 Å². The van der Waals surface area contributed by atoms with Gasteiger partial charge in [-0.2, -0.15) is 0 Å². The molecule has 0 aliphatic carbocycles. The second-order valence-electron chi connectivity index (χ2n) is 25.2. The Balaban J connectivity index is 0.689. The minimum absolute atomic E-state index is 1.21. The third-order valence-electron chi connectivity index (χ3n) is 20.2. The molecule has 20 aromatic rings. The molecule has 2 heteroatoms. The number of fused-ring (bicyclic) bond motifs is 14. The van der Waals surface area contributed by atoms with Crippen LogP contribution in [0.1, 0.15) is 0 Å². The molecule has 2 heterocycles. The largest absolute Gasteiger partial charge is 0.135 e. The Morgan fingerprint density at radius 1 is 0.149 bits per heavy atom. The molecule has 0 spiro atoms. The van der Waals surface area contributed by atoms with Crippen molar-refractivity contribution in [2.75, 3.05) is 0 Å². The zero-order valence-corrected chi connectivity index (χ0v) is 52.6. The lowest BCUT2D eigenvalue weighted by Crippen LogP contribution is -1.93. The predicted octanol–water partition coefficient (Wildman–Crippen LogP) is 27.3. The molecule has 0 aliphatic rings. The molecule has 20 rings (SSSR count). The van der Waals surface area contributed by atoms with E-state index in [4.69, 9.17) is 0 Å². The van der Waals surface area contributed by atoms with Crippen LogP contribution in [0.5, 0.6) is 0 Å². The minimum atomic E-state index is 1.21. The summed E-state index contributed by atoms with van der Waals surface area (Å²) < 4.78 is 5.22. The highest BCUT2D eigenvalue weighted by Gasteiger charge is 2.23. The number of benzene rings is 18. The van der Waals surface area contributed by atoms with Crippen LogP contribution < -0.4 is 0 Å². The van der Waals surface area contributed by atoms with Gasteiger partial charge in [-0.25, -0.2) is 0 Å². The van der Waals surface area contributed by atoms with Crippen molar-refractivity contribution >= 4 is 149 Å². The van der Waals surface area contributed by atoms with Crippen molar-refractivity contribution in [2.24, 2.45) is 0 Å². The lowest BCUT2D eigenvalue weighted by atomic mass is 9.83. The summed E-state index contributed by atoms with van der Waals surface area (Å²) in [6.45, 7) is 0. The lowest BCUT2D eigenvalue weighted by Gasteiger charge is -2.20. The van der Waals surface area contributed by atoms with Crippen molar-refractivity contribution in [1.82, 2.24) is 0 Å². The predicted molar refractivity (Wildman–Crippen MR) is 410 cm³/mol. The van der Waals surface area contributed by atoms with Crippen LogP contribution in [-0.4, -0.2) is 0 Å². The highest BCUT2D eigenvalue weighted by atomic mass is 32.1. The fourth-order valence-electron chi connectivity index (χ4n) is 16.1. The maximum atomic E-state index is 2.47. The molecule has 94 heavy (non-hydrogen) atoms. The first-order valence-electron chi connectivity index (χ1n) is 32.4. The Hall–Kier alpha value is -11.5. The van der Waals surface area contributed by atoms with Crippen LogP contribution in [0.25, 0.3) is 204 Å². The Morgan fingerprint density at radius 3 is 1.12 bits per heavy atom. The molecule has 434 valence electrons. The van der Waals surface area contributed by atoms with Crippen molar-refractivity contribution in [3.05, 3.63) is 328 Å². The molecule has 18 aromatic carbocycles. The van der Waals surface area contributed by atoms with Crippen LogP contribution in [0.15, 0.2) is 328 Å². The van der Waals surface area contributed by atoms with Gasteiger partial charge in [-0.3, -0.25) is 0 Å². The molecule has 0 saturated carbocycles. The van der Waals surface area contributed by atoms with E-state index in [1.807, 2.05) is 22.7 Å². The summed E-state index contributed by atoms with van der Waals surface area (Å²) in [5.74, 6) is 0. The fourth-order valence-corrected chi connectivity index (χ4v) is 18.4. The first-order chi connectivity index (χ1) is 46.6. The molecule has 0 bridgehead atoms. The highest BCUT2D eigenvalue weighted by molar-refractivity contribution is 7.26. The number of hydrogen-bond donors (Lipinski definition) is 0. The normalized spacial score (nSPS) is 12.0. The van der Waals surface area contributed by atoms with Crippen LogP contribution in [0, 0.1) is 0 Å². The first-order valence-corrected chi connectivity index (χ1v) is 34.1. The maximum absolute atomic E-state index is 2.47. The van der Waals surface area contributed by atoms with Crippen LogP contribution >= 0.6 is 22.7 Å². The topological polar surface area (TPSA) is 0 Å².